The van der Waals surface area contributed by atoms with Crippen LogP contribution in [0.3, 0.4) is 0 Å². The average Bonchev–Trinajstić information content (AvgIpc) is 3.33. The highest BCUT2D eigenvalue weighted by Crippen LogP contribution is 2.29. The summed E-state index contributed by atoms with van der Waals surface area (Å²) in [4.78, 5) is 17.8. The predicted octanol–water partition coefficient (Wildman–Crippen LogP) is 8.49. The Labute approximate surface area is 218 Å². The van der Waals surface area contributed by atoms with Gasteiger partial charge in [0.15, 0.2) is 10.9 Å². The van der Waals surface area contributed by atoms with E-state index < -0.39 is 0 Å². The van der Waals surface area contributed by atoms with Crippen molar-refractivity contribution in [3.8, 4) is 28.1 Å². The number of hydrogen-bond acceptors (Lipinski definition) is 3. The van der Waals surface area contributed by atoms with E-state index in [1.54, 1.807) is 0 Å². The molecule has 0 saturated carbocycles. The molecule has 0 unspecified atom stereocenters. The molecule has 0 amide bonds. The first-order valence-electron chi connectivity index (χ1n) is 11.0. The van der Waals surface area contributed by atoms with E-state index in [1.165, 1.54) is 11.8 Å². The van der Waals surface area contributed by atoms with Crippen LogP contribution in [0.4, 0.5) is 0 Å². The molecule has 5 rings (SSSR count). The maximum atomic E-state index is 13.0. The highest BCUT2D eigenvalue weighted by atomic mass is 35.5. The van der Waals surface area contributed by atoms with Gasteiger partial charge in [0.1, 0.15) is 0 Å². The zero-order valence-corrected chi connectivity index (χ0v) is 20.9. The molecule has 0 fully saturated rings. The molecule has 0 saturated heterocycles. The first kappa shape index (κ1) is 23.4. The first-order chi connectivity index (χ1) is 17.1. The largest absolute Gasteiger partial charge is 0.294 e. The van der Waals surface area contributed by atoms with Gasteiger partial charge in [-0.2, -0.15) is 0 Å². The Morgan fingerprint density at radius 1 is 0.714 bits per heavy atom. The van der Waals surface area contributed by atoms with Crippen LogP contribution >= 0.6 is 35.0 Å². The Morgan fingerprint density at radius 2 is 1.29 bits per heavy atom. The average molecular weight is 515 g/mol. The second-order valence-corrected chi connectivity index (χ2v) is 9.73. The van der Waals surface area contributed by atoms with Crippen molar-refractivity contribution < 1.29 is 4.79 Å². The van der Waals surface area contributed by atoms with Crippen molar-refractivity contribution in [2.75, 3.05) is 5.75 Å². The number of carbonyl (C=O) groups is 1. The molecule has 0 spiro atoms. The van der Waals surface area contributed by atoms with Crippen LogP contribution in [0.1, 0.15) is 10.4 Å². The van der Waals surface area contributed by atoms with Crippen molar-refractivity contribution >= 4 is 40.7 Å². The fraction of sp³-hybridized carbons (Fsp3) is 0.0345. The lowest BCUT2D eigenvalue weighted by Crippen LogP contribution is -2.04. The van der Waals surface area contributed by atoms with Crippen LogP contribution in [0, 0.1) is 0 Å². The molecule has 0 aliphatic heterocycles. The third-order valence-electron chi connectivity index (χ3n) is 5.56. The Hall–Kier alpha value is -3.31. The molecule has 0 aliphatic rings. The lowest BCUT2D eigenvalue weighted by atomic mass is 10.0. The summed E-state index contributed by atoms with van der Waals surface area (Å²) in [6, 6.07) is 33.0. The van der Waals surface area contributed by atoms with Crippen molar-refractivity contribution in [3.63, 3.8) is 0 Å². The molecule has 0 atom stereocenters. The maximum absolute atomic E-state index is 13.0. The van der Waals surface area contributed by atoms with Gasteiger partial charge in [0.05, 0.1) is 11.4 Å². The number of rotatable bonds is 7. The number of carbonyl (C=O) groups excluding carboxylic acids is 1. The summed E-state index contributed by atoms with van der Waals surface area (Å²) in [7, 11) is 0. The van der Waals surface area contributed by atoms with E-state index in [9.17, 15) is 4.79 Å². The van der Waals surface area contributed by atoms with E-state index in [4.69, 9.17) is 28.2 Å². The van der Waals surface area contributed by atoms with E-state index in [0.717, 1.165) is 33.2 Å². The second kappa shape index (κ2) is 10.5. The van der Waals surface area contributed by atoms with Crippen LogP contribution in [-0.2, 0) is 0 Å². The molecule has 6 heteroatoms. The number of benzene rings is 4. The number of thioether (sulfide) groups is 1. The molecule has 172 valence electrons. The van der Waals surface area contributed by atoms with Crippen LogP contribution in [0.15, 0.2) is 114 Å². The fourth-order valence-corrected chi connectivity index (χ4v) is 4.84. The molecule has 0 N–H and O–H groups in total. The van der Waals surface area contributed by atoms with E-state index >= 15 is 0 Å². The smallest absolute Gasteiger partial charge is 0.173 e. The molecule has 0 aliphatic carbocycles. The van der Waals surface area contributed by atoms with E-state index in [1.807, 2.05) is 102 Å². The summed E-state index contributed by atoms with van der Waals surface area (Å²) in [5.41, 5.74) is 5.57. The van der Waals surface area contributed by atoms with Gasteiger partial charge in [-0.3, -0.25) is 9.36 Å². The van der Waals surface area contributed by atoms with Crippen LogP contribution in [0.2, 0.25) is 10.0 Å². The summed E-state index contributed by atoms with van der Waals surface area (Å²) in [5.74, 6) is 0.323. The van der Waals surface area contributed by atoms with Gasteiger partial charge in [0.2, 0.25) is 0 Å². The molecule has 0 radical (unpaired) electrons. The topological polar surface area (TPSA) is 34.9 Å². The molecule has 0 bridgehead atoms. The zero-order chi connectivity index (χ0) is 24.2. The van der Waals surface area contributed by atoms with Gasteiger partial charge < -0.3 is 0 Å². The molecule has 3 nitrogen and oxygen atoms in total. The summed E-state index contributed by atoms with van der Waals surface area (Å²) in [5, 5.41) is 2.06. The third-order valence-corrected chi connectivity index (χ3v) is 7.02. The number of imidazole rings is 1. The summed E-state index contributed by atoms with van der Waals surface area (Å²) >= 11 is 13.6. The minimum Gasteiger partial charge on any atom is -0.294 e. The van der Waals surface area contributed by atoms with Crippen LogP contribution in [0.25, 0.3) is 28.1 Å². The van der Waals surface area contributed by atoms with Crippen LogP contribution in [0.5, 0.6) is 0 Å². The maximum Gasteiger partial charge on any atom is 0.173 e. The Morgan fingerprint density at radius 3 is 1.94 bits per heavy atom. The van der Waals surface area contributed by atoms with Crippen molar-refractivity contribution in [1.29, 1.82) is 0 Å². The Kier molecular flexibility index (Phi) is 7.05. The highest BCUT2D eigenvalue weighted by Gasteiger charge is 2.15. The van der Waals surface area contributed by atoms with Gasteiger partial charge in [0.25, 0.3) is 0 Å². The number of nitrogens with zero attached hydrogens (tertiary/aromatic N) is 2. The predicted molar refractivity (Wildman–Crippen MR) is 146 cm³/mol. The lowest BCUT2D eigenvalue weighted by Gasteiger charge is -2.08. The van der Waals surface area contributed by atoms with Gasteiger partial charge in [-0.15, -0.1) is 0 Å². The quantitative estimate of drug-likeness (QED) is 0.161. The van der Waals surface area contributed by atoms with Crippen LogP contribution < -0.4 is 0 Å². The monoisotopic (exact) mass is 514 g/mol. The standard InChI is InChI=1S/C29H20Cl2N2OS/c30-24-12-10-22(11-13-24)27-18-33(26-16-14-25(31)15-17-26)29(32-27)35-19-28(34)23-8-6-21(7-9-23)20-4-2-1-3-5-20/h1-18H,19H2. The molecular weight excluding hydrogens is 495 g/mol. The zero-order valence-electron chi connectivity index (χ0n) is 18.6. The third kappa shape index (κ3) is 5.51. The molecule has 5 aromatic rings. The second-order valence-electron chi connectivity index (χ2n) is 7.92. The number of halogens is 2. The number of ketones is 1. The minimum atomic E-state index is 0.0494. The van der Waals surface area contributed by atoms with Gasteiger partial charge >= 0.3 is 0 Å². The number of Topliss-reactive ketones (excluding diaryl/α,β-unsaturated/α-hetero) is 1. The van der Waals surface area contributed by atoms with Gasteiger partial charge in [-0.25, -0.2) is 4.98 Å². The SMILES string of the molecule is O=C(CSc1nc(-c2ccc(Cl)cc2)cn1-c1ccc(Cl)cc1)c1ccc(-c2ccccc2)cc1. The van der Waals surface area contributed by atoms with Crippen molar-refractivity contribution in [3.05, 3.63) is 125 Å². The normalized spacial score (nSPS) is 10.9. The van der Waals surface area contributed by atoms with Gasteiger partial charge in [0, 0.05) is 33.1 Å². The van der Waals surface area contributed by atoms with Gasteiger partial charge in [-0.05, 0) is 47.5 Å². The molecular formula is C29H20Cl2N2OS. The van der Waals surface area contributed by atoms with Gasteiger partial charge in [-0.1, -0.05) is 102 Å². The summed E-state index contributed by atoms with van der Waals surface area (Å²) in [6.45, 7) is 0. The Bertz CT molecular complexity index is 1450. The highest BCUT2D eigenvalue weighted by molar-refractivity contribution is 7.99. The molecule has 1 heterocycles. The summed E-state index contributed by atoms with van der Waals surface area (Å²) in [6.07, 6.45) is 1.97. The van der Waals surface area contributed by atoms with Crippen molar-refractivity contribution in [2.45, 2.75) is 5.16 Å². The molecule has 4 aromatic carbocycles. The van der Waals surface area contributed by atoms with Crippen LogP contribution in [-0.4, -0.2) is 21.1 Å². The minimum absolute atomic E-state index is 0.0494. The fourth-order valence-electron chi connectivity index (χ4n) is 3.70. The van der Waals surface area contributed by atoms with E-state index in [-0.39, 0.29) is 11.5 Å². The van der Waals surface area contributed by atoms with E-state index in [0.29, 0.717) is 15.6 Å². The number of hydrogen-bond donors (Lipinski definition) is 0. The van der Waals surface area contributed by atoms with E-state index in [2.05, 4.69) is 12.1 Å². The summed E-state index contributed by atoms with van der Waals surface area (Å²) < 4.78 is 1.98. The van der Waals surface area contributed by atoms with Crippen molar-refractivity contribution in [2.24, 2.45) is 0 Å². The lowest BCUT2D eigenvalue weighted by molar-refractivity contribution is 0.102. The Balaban J connectivity index is 1.38. The first-order valence-corrected chi connectivity index (χ1v) is 12.7. The number of aromatic nitrogens is 2. The molecule has 1 aromatic heterocycles. The van der Waals surface area contributed by atoms with Crippen molar-refractivity contribution in [1.82, 2.24) is 9.55 Å². The molecule has 35 heavy (non-hydrogen) atoms.